The number of carboxylic acid groups (broad SMARTS) is 1. The summed E-state index contributed by atoms with van der Waals surface area (Å²) in [7, 11) is 0. The molecule has 74 valence electrons. The molecule has 0 spiro atoms. The summed E-state index contributed by atoms with van der Waals surface area (Å²) < 4.78 is 4.87. The quantitative estimate of drug-likeness (QED) is 0.483. The largest absolute Gasteiger partial charge is 0.479 e. The van der Waals surface area contributed by atoms with Gasteiger partial charge in [0.05, 0.1) is 6.61 Å². The Hall–Kier alpha value is -1.14. The van der Waals surface area contributed by atoms with Crippen molar-refractivity contribution in [3.8, 4) is 0 Å². The van der Waals surface area contributed by atoms with Crippen molar-refractivity contribution in [2.45, 2.75) is 18.6 Å². The zero-order valence-electron chi connectivity index (χ0n) is 7.11. The Kier molecular flexibility index (Phi) is 2.53. The van der Waals surface area contributed by atoms with Gasteiger partial charge >= 0.3 is 5.97 Å². The molecule has 2 atom stereocenters. The first-order valence-corrected chi connectivity index (χ1v) is 3.81. The number of aliphatic carboxylic acids is 1. The minimum Gasteiger partial charge on any atom is -0.479 e. The number of carbonyl (C=O) groups is 2. The Morgan fingerprint density at radius 2 is 2.38 bits per heavy atom. The number of amides is 1. The summed E-state index contributed by atoms with van der Waals surface area (Å²) in [6.45, 7) is 1.58. The van der Waals surface area contributed by atoms with Crippen LogP contribution in [0.15, 0.2) is 0 Å². The summed E-state index contributed by atoms with van der Waals surface area (Å²) in [6.07, 6.45) is -1.33. The summed E-state index contributed by atoms with van der Waals surface area (Å²) in [4.78, 5) is 21.6. The molecule has 1 aliphatic rings. The maximum atomic E-state index is 11.1. The molecular formula is C7H11NO5. The lowest BCUT2D eigenvalue weighted by atomic mass is 9.98. The van der Waals surface area contributed by atoms with E-state index in [-0.39, 0.29) is 6.61 Å². The second-order valence-electron chi connectivity index (χ2n) is 2.99. The van der Waals surface area contributed by atoms with E-state index in [2.05, 4.69) is 5.32 Å². The first-order valence-electron chi connectivity index (χ1n) is 3.81. The minimum atomic E-state index is -2.18. The molecule has 0 aromatic carbocycles. The van der Waals surface area contributed by atoms with Crippen LogP contribution in [0.1, 0.15) is 6.92 Å². The predicted molar refractivity (Wildman–Crippen MR) is 41.0 cm³/mol. The van der Waals surface area contributed by atoms with Crippen LogP contribution in [-0.2, 0) is 14.3 Å². The molecule has 1 heterocycles. The number of rotatable bonds is 2. The molecule has 1 rings (SSSR count). The first kappa shape index (κ1) is 9.94. The number of carbonyl (C=O) groups excluding carboxylic acids is 1. The van der Waals surface area contributed by atoms with E-state index < -0.39 is 23.6 Å². The van der Waals surface area contributed by atoms with Crippen LogP contribution in [0.4, 0.5) is 0 Å². The smallest absolute Gasteiger partial charge is 0.338 e. The van der Waals surface area contributed by atoms with E-state index >= 15 is 0 Å². The maximum Gasteiger partial charge on any atom is 0.338 e. The maximum absolute atomic E-state index is 11.1. The SMILES string of the molecule is CC(O)(C(=O)O)[C@H]1OCCNC1=O. The number of aliphatic hydroxyl groups is 1. The van der Waals surface area contributed by atoms with Gasteiger partial charge in [-0.15, -0.1) is 0 Å². The Morgan fingerprint density at radius 3 is 2.85 bits per heavy atom. The zero-order chi connectivity index (χ0) is 10.1. The lowest BCUT2D eigenvalue weighted by molar-refractivity contribution is -0.182. The molecule has 3 N–H and O–H groups in total. The van der Waals surface area contributed by atoms with E-state index in [4.69, 9.17) is 9.84 Å². The van der Waals surface area contributed by atoms with Crippen LogP contribution in [0.5, 0.6) is 0 Å². The van der Waals surface area contributed by atoms with E-state index in [9.17, 15) is 14.7 Å². The van der Waals surface area contributed by atoms with Gasteiger partial charge in [0, 0.05) is 6.54 Å². The molecule has 1 unspecified atom stereocenters. The molecule has 0 aromatic rings. The van der Waals surface area contributed by atoms with Gasteiger partial charge in [0.25, 0.3) is 5.91 Å². The monoisotopic (exact) mass is 189 g/mol. The van der Waals surface area contributed by atoms with Crippen LogP contribution >= 0.6 is 0 Å². The Morgan fingerprint density at radius 1 is 1.77 bits per heavy atom. The number of morpholine rings is 1. The summed E-state index contributed by atoms with van der Waals surface area (Å²) in [6, 6.07) is 0. The molecule has 6 heteroatoms. The van der Waals surface area contributed by atoms with Crippen molar-refractivity contribution in [3.05, 3.63) is 0 Å². The molecule has 0 radical (unpaired) electrons. The lowest BCUT2D eigenvalue weighted by Crippen LogP contribution is -2.59. The van der Waals surface area contributed by atoms with Crippen molar-refractivity contribution in [3.63, 3.8) is 0 Å². The van der Waals surface area contributed by atoms with Gasteiger partial charge in [0.1, 0.15) is 0 Å². The molecule has 0 aromatic heterocycles. The molecule has 1 saturated heterocycles. The van der Waals surface area contributed by atoms with Gasteiger partial charge in [-0.25, -0.2) is 4.79 Å². The summed E-state index contributed by atoms with van der Waals surface area (Å²) in [5, 5.41) is 20.4. The molecule has 0 aliphatic carbocycles. The zero-order valence-corrected chi connectivity index (χ0v) is 7.11. The Bertz CT molecular complexity index is 237. The topological polar surface area (TPSA) is 95.9 Å². The van der Waals surface area contributed by atoms with E-state index in [0.29, 0.717) is 6.54 Å². The van der Waals surface area contributed by atoms with Crippen molar-refractivity contribution < 1.29 is 24.5 Å². The highest BCUT2D eigenvalue weighted by molar-refractivity contribution is 5.90. The second kappa shape index (κ2) is 3.31. The summed E-state index contributed by atoms with van der Waals surface area (Å²) in [5.41, 5.74) is -2.18. The van der Waals surface area contributed by atoms with Crippen molar-refractivity contribution >= 4 is 11.9 Å². The highest BCUT2D eigenvalue weighted by Gasteiger charge is 2.46. The van der Waals surface area contributed by atoms with Crippen molar-refractivity contribution in [2.75, 3.05) is 13.2 Å². The number of nitrogens with one attached hydrogen (secondary N) is 1. The van der Waals surface area contributed by atoms with Gasteiger partial charge in [0.2, 0.25) is 0 Å². The van der Waals surface area contributed by atoms with Gasteiger partial charge in [0.15, 0.2) is 11.7 Å². The Balaban J connectivity index is 2.79. The van der Waals surface area contributed by atoms with Crippen LogP contribution in [0.3, 0.4) is 0 Å². The van der Waals surface area contributed by atoms with Crippen molar-refractivity contribution in [1.82, 2.24) is 5.32 Å². The molecule has 0 saturated carbocycles. The fourth-order valence-electron chi connectivity index (χ4n) is 1.05. The van der Waals surface area contributed by atoms with Gasteiger partial charge in [-0.3, -0.25) is 4.79 Å². The molecule has 1 aliphatic heterocycles. The van der Waals surface area contributed by atoms with Gasteiger partial charge in [-0.2, -0.15) is 0 Å². The minimum absolute atomic E-state index is 0.208. The van der Waals surface area contributed by atoms with Crippen LogP contribution < -0.4 is 5.32 Å². The normalized spacial score (nSPS) is 27.5. The lowest BCUT2D eigenvalue weighted by Gasteiger charge is -2.30. The number of hydrogen-bond acceptors (Lipinski definition) is 4. The molecule has 13 heavy (non-hydrogen) atoms. The third-order valence-corrected chi connectivity index (χ3v) is 1.87. The van der Waals surface area contributed by atoms with Gasteiger partial charge in [-0.05, 0) is 6.92 Å². The second-order valence-corrected chi connectivity index (χ2v) is 2.99. The van der Waals surface area contributed by atoms with Gasteiger partial charge < -0.3 is 20.3 Å². The van der Waals surface area contributed by atoms with Crippen LogP contribution in [0, 0.1) is 0 Å². The first-order chi connectivity index (χ1) is 5.96. The fourth-order valence-corrected chi connectivity index (χ4v) is 1.05. The highest BCUT2D eigenvalue weighted by atomic mass is 16.5. The average molecular weight is 189 g/mol. The van der Waals surface area contributed by atoms with E-state index in [1.165, 1.54) is 0 Å². The molecule has 1 fully saturated rings. The fraction of sp³-hybridized carbons (Fsp3) is 0.714. The number of hydrogen-bond donors (Lipinski definition) is 3. The summed E-state index contributed by atoms with van der Waals surface area (Å²) in [5.74, 6) is -2.08. The van der Waals surface area contributed by atoms with E-state index in [1.54, 1.807) is 0 Å². The van der Waals surface area contributed by atoms with Crippen molar-refractivity contribution in [1.29, 1.82) is 0 Å². The summed E-state index contributed by atoms with van der Waals surface area (Å²) >= 11 is 0. The third kappa shape index (κ3) is 1.78. The van der Waals surface area contributed by atoms with Crippen molar-refractivity contribution in [2.24, 2.45) is 0 Å². The number of ether oxygens (including phenoxy) is 1. The van der Waals surface area contributed by atoms with E-state index in [0.717, 1.165) is 6.92 Å². The van der Waals surface area contributed by atoms with Crippen LogP contribution in [0.25, 0.3) is 0 Å². The molecule has 6 nitrogen and oxygen atoms in total. The average Bonchev–Trinajstić information content (AvgIpc) is 2.04. The molecular weight excluding hydrogens is 178 g/mol. The third-order valence-electron chi connectivity index (χ3n) is 1.87. The predicted octanol–water partition coefficient (Wildman–Crippen LogP) is -1.66. The number of carboxylic acids is 1. The van der Waals surface area contributed by atoms with Crippen LogP contribution in [0.2, 0.25) is 0 Å². The molecule has 0 bridgehead atoms. The van der Waals surface area contributed by atoms with Gasteiger partial charge in [-0.1, -0.05) is 0 Å². The van der Waals surface area contributed by atoms with Crippen LogP contribution in [-0.4, -0.2) is 46.9 Å². The highest BCUT2D eigenvalue weighted by Crippen LogP contribution is 2.15. The standard InChI is InChI=1S/C7H11NO5/c1-7(12,6(10)11)4-5(9)8-2-3-13-4/h4,12H,2-3H2,1H3,(H,8,9)(H,10,11)/t4-,7?/m0/s1. The Labute approximate surface area is 74.5 Å². The molecule has 1 amide bonds. The van der Waals surface area contributed by atoms with E-state index in [1.807, 2.05) is 0 Å².